The molecule has 0 radical (unpaired) electrons. The normalized spacial score (nSPS) is 15.7. The molecule has 0 atom stereocenters. The smallest absolute Gasteiger partial charge is 0.317 e. The maximum absolute atomic E-state index is 12.9. The first-order valence-electron chi connectivity index (χ1n) is 9.70. The summed E-state index contributed by atoms with van der Waals surface area (Å²) in [7, 11) is -3.56. The molecule has 1 heterocycles. The van der Waals surface area contributed by atoms with E-state index in [0.29, 0.717) is 39.0 Å². The van der Waals surface area contributed by atoms with Crippen molar-refractivity contribution < 1.29 is 17.6 Å². The van der Waals surface area contributed by atoms with E-state index in [0.717, 1.165) is 11.1 Å². The highest BCUT2D eigenvalue weighted by Crippen LogP contribution is 2.18. The Hall–Kier alpha value is -2.45. The van der Waals surface area contributed by atoms with Crippen molar-refractivity contribution in [3.63, 3.8) is 0 Å². The summed E-state index contributed by atoms with van der Waals surface area (Å²) in [5, 5.41) is 2.86. The van der Waals surface area contributed by atoms with Crippen LogP contribution in [-0.2, 0) is 16.4 Å². The van der Waals surface area contributed by atoms with Crippen LogP contribution in [0.1, 0.15) is 17.5 Å². The predicted molar refractivity (Wildman–Crippen MR) is 110 cm³/mol. The maximum Gasteiger partial charge on any atom is 0.317 e. The fourth-order valence-corrected chi connectivity index (χ4v) is 4.74. The summed E-state index contributed by atoms with van der Waals surface area (Å²) >= 11 is 0. The van der Waals surface area contributed by atoms with Gasteiger partial charge in [0, 0.05) is 32.7 Å². The number of carbonyl (C=O) groups is 1. The van der Waals surface area contributed by atoms with Crippen LogP contribution >= 0.6 is 0 Å². The number of halogens is 1. The van der Waals surface area contributed by atoms with Gasteiger partial charge in [0.2, 0.25) is 10.0 Å². The molecule has 0 unspecified atom stereocenters. The Morgan fingerprint density at radius 2 is 1.69 bits per heavy atom. The lowest BCUT2D eigenvalue weighted by atomic mass is 10.1. The number of carbonyl (C=O) groups excluding carboxylic acids is 1. The Balaban J connectivity index is 1.52. The third-order valence-electron chi connectivity index (χ3n) is 5.00. The molecule has 1 fully saturated rings. The van der Waals surface area contributed by atoms with E-state index < -0.39 is 10.0 Å². The molecule has 1 N–H and O–H groups in total. The number of benzene rings is 2. The minimum absolute atomic E-state index is 0.207. The van der Waals surface area contributed by atoms with E-state index in [2.05, 4.69) is 5.32 Å². The van der Waals surface area contributed by atoms with Crippen LogP contribution in [0.4, 0.5) is 9.18 Å². The van der Waals surface area contributed by atoms with Crippen molar-refractivity contribution in [3.05, 3.63) is 65.5 Å². The Labute approximate surface area is 171 Å². The first-order chi connectivity index (χ1) is 13.9. The van der Waals surface area contributed by atoms with E-state index >= 15 is 0 Å². The molecule has 0 saturated carbocycles. The van der Waals surface area contributed by atoms with Gasteiger partial charge in [-0.1, -0.05) is 29.8 Å². The Morgan fingerprint density at radius 3 is 2.38 bits per heavy atom. The summed E-state index contributed by atoms with van der Waals surface area (Å²) < 4.78 is 40.1. The van der Waals surface area contributed by atoms with Gasteiger partial charge in [0.05, 0.1) is 4.90 Å². The van der Waals surface area contributed by atoms with Crippen molar-refractivity contribution in [2.24, 2.45) is 0 Å². The molecule has 0 aliphatic carbocycles. The van der Waals surface area contributed by atoms with E-state index in [1.807, 2.05) is 6.92 Å². The standard InChI is InChI=1S/C21H26FN3O3S/c1-17-3-9-20(10-4-17)29(27,28)25-14-2-13-24(15-16-25)21(26)23-12-11-18-5-7-19(22)8-6-18/h3-10H,2,11-16H2,1H3,(H,23,26). The molecule has 2 aromatic carbocycles. The number of hydrogen-bond acceptors (Lipinski definition) is 3. The highest BCUT2D eigenvalue weighted by Gasteiger charge is 2.28. The molecule has 0 bridgehead atoms. The second-order valence-corrected chi connectivity index (χ2v) is 9.10. The van der Waals surface area contributed by atoms with E-state index in [9.17, 15) is 17.6 Å². The molecule has 2 aromatic rings. The lowest BCUT2D eigenvalue weighted by Gasteiger charge is -2.22. The Bertz CT molecular complexity index is 931. The number of amides is 2. The van der Waals surface area contributed by atoms with Gasteiger partial charge in [-0.05, 0) is 49.6 Å². The van der Waals surface area contributed by atoms with E-state index in [-0.39, 0.29) is 23.3 Å². The number of aryl methyl sites for hydroxylation is 1. The molecule has 8 heteroatoms. The zero-order valence-electron chi connectivity index (χ0n) is 16.5. The van der Waals surface area contributed by atoms with Crippen LogP contribution in [0, 0.1) is 12.7 Å². The average Bonchev–Trinajstić information content (AvgIpc) is 2.97. The summed E-state index contributed by atoms with van der Waals surface area (Å²) in [4.78, 5) is 14.4. The maximum atomic E-state index is 12.9. The van der Waals surface area contributed by atoms with Crippen molar-refractivity contribution in [2.45, 2.75) is 24.7 Å². The molecule has 1 saturated heterocycles. The van der Waals surface area contributed by atoms with Gasteiger partial charge >= 0.3 is 6.03 Å². The van der Waals surface area contributed by atoms with Crippen molar-refractivity contribution in [1.29, 1.82) is 0 Å². The number of nitrogens with one attached hydrogen (secondary N) is 1. The molecule has 3 rings (SSSR count). The van der Waals surface area contributed by atoms with Gasteiger partial charge in [0.25, 0.3) is 0 Å². The molecule has 1 aliphatic rings. The summed E-state index contributed by atoms with van der Waals surface area (Å²) in [6.07, 6.45) is 1.18. The summed E-state index contributed by atoms with van der Waals surface area (Å²) in [6, 6.07) is 12.8. The molecular formula is C21H26FN3O3S. The fraction of sp³-hybridized carbons (Fsp3) is 0.381. The van der Waals surface area contributed by atoms with Crippen LogP contribution in [0.2, 0.25) is 0 Å². The molecule has 6 nitrogen and oxygen atoms in total. The van der Waals surface area contributed by atoms with E-state index in [1.165, 1.54) is 16.4 Å². The monoisotopic (exact) mass is 419 g/mol. The second-order valence-electron chi connectivity index (χ2n) is 7.17. The first kappa shape index (κ1) is 21.3. The summed E-state index contributed by atoms with van der Waals surface area (Å²) in [5.74, 6) is -0.285. The summed E-state index contributed by atoms with van der Waals surface area (Å²) in [6.45, 7) is 3.84. The van der Waals surface area contributed by atoms with Crippen LogP contribution < -0.4 is 5.32 Å². The van der Waals surface area contributed by atoms with Crippen molar-refractivity contribution in [1.82, 2.24) is 14.5 Å². The zero-order valence-corrected chi connectivity index (χ0v) is 17.3. The SMILES string of the molecule is Cc1ccc(S(=O)(=O)N2CCCN(C(=O)NCCc3ccc(F)cc3)CC2)cc1. The predicted octanol–water partition coefficient (Wildman–Crippen LogP) is 2.78. The molecule has 0 aromatic heterocycles. The highest BCUT2D eigenvalue weighted by atomic mass is 32.2. The molecule has 156 valence electrons. The minimum atomic E-state index is -3.56. The van der Waals surface area contributed by atoms with Crippen LogP contribution in [0.5, 0.6) is 0 Å². The lowest BCUT2D eigenvalue weighted by Crippen LogP contribution is -2.43. The van der Waals surface area contributed by atoms with Crippen LogP contribution in [0.15, 0.2) is 53.4 Å². The van der Waals surface area contributed by atoms with Gasteiger partial charge in [-0.15, -0.1) is 0 Å². The van der Waals surface area contributed by atoms with Crippen molar-refractivity contribution >= 4 is 16.1 Å². The quantitative estimate of drug-likeness (QED) is 0.810. The first-order valence-corrected chi connectivity index (χ1v) is 11.1. The molecule has 2 amide bonds. The fourth-order valence-electron chi connectivity index (χ4n) is 3.27. The van der Waals surface area contributed by atoms with Gasteiger partial charge in [-0.25, -0.2) is 17.6 Å². The molecule has 29 heavy (non-hydrogen) atoms. The van der Waals surface area contributed by atoms with Crippen LogP contribution in [-0.4, -0.2) is 56.4 Å². The lowest BCUT2D eigenvalue weighted by molar-refractivity contribution is 0.200. The third-order valence-corrected chi connectivity index (χ3v) is 6.92. The van der Waals surface area contributed by atoms with Gasteiger partial charge in [-0.3, -0.25) is 0 Å². The third kappa shape index (κ3) is 5.55. The number of rotatable bonds is 5. The van der Waals surface area contributed by atoms with E-state index in [4.69, 9.17) is 0 Å². The minimum Gasteiger partial charge on any atom is -0.338 e. The zero-order chi connectivity index (χ0) is 20.9. The Morgan fingerprint density at radius 1 is 1.00 bits per heavy atom. The van der Waals surface area contributed by atoms with E-state index in [1.54, 1.807) is 41.3 Å². The largest absolute Gasteiger partial charge is 0.338 e. The number of hydrogen-bond donors (Lipinski definition) is 1. The topological polar surface area (TPSA) is 69.7 Å². The number of nitrogens with zero attached hydrogens (tertiary/aromatic N) is 2. The summed E-state index contributed by atoms with van der Waals surface area (Å²) in [5.41, 5.74) is 1.95. The van der Waals surface area contributed by atoms with Crippen LogP contribution in [0.25, 0.3) is 0 Å². The molecular weight excluding hydrogens is 393 g/mol. The van der Waals surface area contributed by atoms with Crippen molar-refractivity contribution in [2.75, 3.05) is 32.7 Å². The van der Waals surface area contributed by atoms with Gasteiger partial charge in [-0.2, -0.15) is 4.31 Å². The number of urea groups is 1. The molecule has 0 spiro atoms. The Kier molecular flexibility index (Phi) is 6.87. The van der Waals surface area contributed by atoms with Crippen molar-refractivity contribution in [3.8, 4) is 0 Å². The number of sulfonamides is 1. The average molecular weight is 420 g/mol. The van der Waals surface area contributed by atoms with Gasteiger partial charge in [0.1, 0.15) is 5.82 Å². The second kappa shape index (κ2) is 9.37. The van der Waals surface area contributed by atoms with Gasteiger partial charge in [0.15, 0.2) is 0 Å². The molecule has 1 aliphatic heterocycles. The highest BCUT2D eigenvalue weighted by molar-refractivity contribution is 7.89. The van der Waals surface area contributed by atoms with Crippen LogP contribution in [0.3, 0.4) is 0 Å². The van der Waals surface area contributed by atoms with Gasteiger partial charge < -0.3 is 10.2 Å².